The van der Waals surface area contributed by atoms with E-state index in [2.05, 4.69) is 19.6 Å². The third kappa shape index (κ3) is 2.91. The lowest BCUT2D eigenvalue weighted by Crippen LogP contribution is -2.37. The lowest BCUT2D eigenvalue weighted by molar-refractivity contribution is 0.596. The van der Waals surface area contributed by atoms with Crippen LogP contribution in [0.3, 0.4) is 0 Å². The topological polar surface area (TPSA) is 75.2 Å². The molecule has 25 heavy (non-hydrogen) atoms. The molecule has 0 aliphatic carbocycles. The third-order valence-corrected chi connectivity index (χ3v) is 5.77. The largest absolute Gasteiger partial charge is 0.356 e. The molecule has 128 valence electrons. The first-order valence-electron chi connectivity index (χ1n) is 8.14. The molecule has 0 bridgehead atoms. The lowest BCUT2D eigenvalue weighted by Gasteiger charge is -2.32. The van der Waals surface area contributed by atoms with Gasteiger partial charge >= 0.3 is 0 Å². The second-order valence-corrected chi connectivity index (χ2v) is 7.72. The Bertz CT molecular complexity index is 1050. The molecule has 0 unspecified atom stereocenters. The van der Waals surface area contributed by atoms with E-state index in [0.29, 0.717) is 16.8 Å². The van der Waals surface area contributed by atoms with Gasteiger partial charge in [-0.15, -0.1) is 0 Å². The van der Waals surface area contributed by atoms with E-state index in [1.165, 1.54) is 6.20 Å². The van der Waals surface area contributed by atoms with E-state index in [1.54, 1.807) is 25.1 Å². The van der Waals surface area contributed by atoms with E-state index in [0.717, 1.165) is 30.7 Å². The standard InChI is InChI=1S/C18H18N4O2S/c1-13-5-3-10-19-18(13)25(23,24)21-15-7-2-6-14-8-9-16(20-17(14)15)22-11-4-12-22/h2-3,5-10,21H,4,11-12H2,1H3. The van der Waals surface area contributed by atoms with Crippen molar-refractivity contribution in [1.82, 2.24) is 9.97 Å². The Labute approximate surface area is 146 Å². The quantitative estimate of drug-likeness (QED) is 0.780. The van der Waals surface area contributed by atoms with E-state index < -0.39 is 10.0 Å². The van der Waals surface area contributed by atoms with Gasteiger partial charge in [0.15, 0.2) is 5.03 Å². The highest BCUT2D eigenvalue weighted by atomic mass is 32.2. The van der Waals surface area contributed by atoms with Crippen LogP contribution >= 0.6 is 0 Å². The fourth-order valence-corrected chi connectivity index (χ4v) is 4.13. The Morgan fingerprint density at radius 1 is 1.08 bits per heavy atom. The van der Waals surface area contributed by atoms with Crippen LogP contribution in [0, 0.1) is 6.92 Å². The number of anilines is 2. The van der Waals surface area contributed by atoms with Gasteiger partial charge < -0.3 is 4.90 Å². The SMILES string of the molecule is Cc1cccnc1S(=O)(=O)Nc1cccc2ccc(N3CCC3)nc12. The van der Waals surface area contributed by atoms with E-state index in [-0.39, 0.29) is 5.03 Å². The summed E-state index contributed by atoms with van der Waals surface area (Å²) < 4.78 is 28.1. The van der Waals surface area contributed by atoms with Gasteiger partial charge in [-0.3, -0.25) is 4.72 Å². The van der Waals surface area contributed by atoms with Crippen molar-refractivity contribution < 1.29 is 8.42 Å². The highest BCUT2D eigenvalue weighted by Gasteiger charge is 2.21. The van der Waals surface area contributed by atoms with Crippen LogP contribution < -0.4 is 9.62 Å². The number of fused-ring (bicyclic) bond motifs is 1. The van der Waals surface area contributed by atoms with Crippen molar-refractivity contribution in [2.45, 2.75) is 18.4 Å². The minimum Gasteiger partial charge on any atom is -0.356 e. The molecule has 3 heterocycles. The highest BCUT2D eigenvalue weighted by molar-refractivity contribution is 7.92. The highest BCUT2D eigenvalue weighted by Crippen LogP contribution is 2.28. The van der Waals surface area contributed by atoms with E-state index >= 15 is 0 Å². The van der Waals surface area contributed by atoms with Gasteiger partial charge in [0.05, 0.1) is 11.2 Å². The molecule has 1 fully saturated rings. The molecule has 6 nitrogen and oxygen atoms in total. The summed E-state index contributed by atoms with van der Waals surface area (Å²) in [5.74, 6) is 0.874. The van der Waals surface area contributed by atoms with Gasteiger partial charge in [0.1, 0.15) is 5.82 Å². The van der Waals surface area contributed by atoms with Crippen molar-refractivity contribution in [3.63, 3.8) is 0 Å². The average molecular weight is 354 g/mol. The molecule has 3 aromatic rings. The van der Waals surface area contributed by atoms with Crippen molar-refractivity contribution in [3.05, 3.63) is 54.2 Å². The second kappa shape index (κ2) is 6.00. The summed E-state index contributed by atoms with van der Waals surface area (Å²) in [6, 6.07) is 12.9. The predicted molar refractivity (Wildman–Crippen MR) is 98.4 cm³/mol. The Morgan fingerprint density at radius 2 is 1.92 bits per heavy atom. The summed E-state index contributed by atoms with van der Waals surface area (Å²) in [5, 5.41) is 0.924. The zero-order valence-electron chi connectivity index (χ0n) is 13.8. The first-order chi connectivity index (χ1) is 12.0. The molecule has 0 atom stereocenters. The lowest BCUT2D eigenvalue weighted by atomic mass is 10.1. The number of pyridine rings is 2. The second-order valence-electron chi connectivity index (χ2n) is 6.12. The minimum absolute atomic E-state index is 0.0332. The number of aryl methyl sites for hydroxylation is 1. The van der Waals surface area contributed by atoms with Crippen molar-refractivity contribution in [1.29, 1.82) is 0 Å². The average Bonchev–Trinajstić information content (AvgIpc) is 2.54. The molecule has 1 aliphatic heterocycles. The number of hydrogen-bond acceptors (Lipinski definition) is 5. The summed E-state index contributed by atoms with van der Waals surface area (Å²) in [6.45, 7) is 3.70. The van der Waals surface area contributed by atoms with Gasteiger partial charge in [0.2, 0.25) is 0 Å². The fraction of sp³-hybridized carbons (Fsp3) is 0.222. The Balaban J connectivity index is 1.77. The molecule has 1 saturated heterocycles. The molecule has 0 spiro atoms. The maximum absolute atomic E-state index is 12.7. The summed E-state index contributed by atoms with van der Waals surface area (Å²) in [7, 11) is -3.77. The first-order valence-corrected chi connectivity index (χ1v) is 9.62. The predicted octanol–water partition coefficient (Wildman–Crippen LogP) is 2.95. The molecule has 0 amide bonds. The molecule has 1 N–H and O–H groups in total. The zero-order valence-corrected chi connectivity index (χ0v) is 14.6. The van der Waals surface area contributed by atoms with Crippen LogP contribution in [0.15, 0.2) is 53.7 Å². The number of benzene rings is 1. The number of aromatic nitrogens is 2. The molecule has 1 aromatic carbocycles. The van der Waals surface area contributed by atoms with Crippen molar-refractivity contribution in [2.24, 2.45) is 0 Å². The Morgan fingerprint density at radius 3 is 2.64 bits per heavy atom. The van der Waals surface area contributed by atoms with Crippen molar-refractivity contribution in [3.8, 4) is 0 Å². The summed E-state index contributed by atoms with van der Waals surface area (Å²) >= 11 is 0. The van der Waals surface area contributed by atoms with Crippen LogP contribution in [-0.4, -0.2) is 31.5 Å². The number of nitrogens with zero attached hydrogens (tertiary/aromatic N) is 3. The fourth-order valence-electron chi connectivity index (χ4n) is 2.89. The van der Waals surface area contributed by atoms with Crippen LogP contribution in [-0.2, 0) is 10.0 Å². The number of nitrogens with one attached hydrogen (secondary N) is 1. The zero-order chi connectivity index (χ0) is 17.4. The van der Waals surface area contributed by atoms with E-state index in [4.69, 9.17) is 0 Å². The molecule has 4 rings (SSSR count). The van der Waals surface area contributed by atoms with Gasteiger partial charge in [0, 0.05) is 24.7 Å². The monoisotopic (exact) mass is 354 g/mol. The van der Waals surface area contributed by atoms with Gasteiger partial charge in [-0.25, -0.2) is 9.97 Å². The van der Waals surface area contributed by atoms with Crippen LogP contribution in [0.4, 0.5) is 11.5 Å². The van der Waals surface area contributed by atoms with Crippen LogP contribution in [0.25, 0.3) is 10.9 Å². The number of para-hydroxylation sites is 1. The molecule has 0 radical (unpaired) electrons. The maximum Gasteiger partial charge on any atom is 0.279 e. The molecule has 0 saturated carbocycles. The van der Waals surface area contributed by atoms with Gasteiger partial charge in [-0.2, -0.15) is 8.42 Å². The smallest absolute Gasteiger partial charge is 0.279 e. The first kappa shape index (κ1) is 15.8. The van der Waals surface area contributed by atoms with Crippen LogP contribution in [0.1, 0.15) is 12.0 Å². The molecule has 7 heteroatoms. The van der Waals surface area contributed by atoms with Crippen molar-refractivity contribution in [2.75, 3.05) is 22.7 Å². The summed E-state index contributed by atoms with van der Waals surface area (Å²) in [5.41, 5.74) is 1.71. The van der Waals surface area contributed by atoms with E-state index in [1.807, 2.05) is 24.3 Å². The Kier molecular flexibility index (Phi) is 3.80. The summed E-state index contributed by atoms with van der Waals surface area (Å²) in [4.78, 5) is 10.9. The van der Waals surface area contributed by atoms with Crippen molar-refractivity contribution >= 4 is 32.4 Å². The molecular formula is C18H18N4O2S. The summed E-state index contributed by atoms with van der Waals surface area (Å²) in [6.07, 6.45) is 2.64. The van der Waals surface area contributed by atoms with E-state index in [9.17, 15) is 8.42 Å². The normalized spacial score (nSPS) is 14.4. The molecule has 1 aliphatic rings. The number of rotatable bonds is 4. The molecule has 2 aromatic heterocycles. The van der Waals surface area contributed by atoms with Crippen LogP contribution in [0.2, 0.25) is 0 Å². The number of sulfonamides is 1. The third-order valence-electron chi connectivity index (χ3n) is 4.35. The molecular weight excluding hydrogens is 336 g/mol. The van der Waals surface area contributed by atoms with Gasteiger partial charge in [-0.05, 0) is 43.2 Å². The van der Waals surface area contributed by atoms with Gasteiger partial charge in [0.25, 0.3) is 10.0 Å². The minimum atomic E-state index is -3.77. The van der Waals surface area contributed by atoms with Gasteiger partial charge in [-0.1, -0.05) is 18.2 Å². The maximum atomic E-state index is 12.7. The van der Waals surface area contributed by atoms with Crippen LogP contribution in [0.5, 0.6) is 0 Å². The number of hydrogen-bond donors (Lipinski definition) is 1. The Hall–Kier alpha value is -2.67.